The summed E-state index contributed by atoms with van der Waals surface area (Å²) in [5.41, 5.74) is 0. The van der Waals surface area contributed by atoms with Gasteiger partial charge in [0.05, 0.1) is 13.2 Å². The maximum absolute atomic E-state index is 11.4. The SMILES string of the molecule is CCCCCOC(=O)CCCCCNC(=O)OCCOC. The van der Waals surface area contributed by atoms with E-state index in [1.165, 1.54) is 0 Å². The van der Waals surface area contributed by atoms with Crippen LogP contribution in [0.5, 0.6) is 0 Å². The standard InChI is InChI=1S/C15H29NO5/c1-3-4-8-11-20-14(17)9-6-5-7-10-16-15(18)21-13-12-19-2/h3-13H2,1-2H3,(H,16,18). The molecular weight excluding hydrogens is 274 g/mol. The molecule has 0 saturated carbocycles. The molecule has 1 amide bonds. The third kappa shape index (κ3) is 14.9. The van der Waals surface area contributed by atoms with Crippen LogP contribution in [0.25, 0.3) is 0 Å². The molecule has 0 aromatic rings. The Kier molecular flexibility index (Phi) is 14.2. The Labute approximate surface area is 127 Å². The molecule has 124 valence electrons. The van der Waals surface area contributed by atoms with Gasteiger partial charge in [-0.05, 0) is 19.3 Å². The first-order valence-electron chi connectivity index (χ1n) is 7.75. The monoisotopic (exact) mass is 303 g/mol. The molecule has 0 spiro atoms. The quantitative estimate of drug-likeness (QED) is 0.418. The highest BCUT2D eigenvalue weighted by Gasteiger charge is 2.03. The van der Waals surface area contributed by atoms with Gasteiger partial charge in [0, 0.05) is 20.1 Å². The number of hydrogen-bond donors (Lipinski definition) is 1. The lowest BCUT2D eigenvalue weighted by Crippen LogP contribution is -2.26. The fourth-order valence-corrected chi connectivity index (χ4v) is 1.64. The van der Waals surface area contributed by atoms with E-state index in [1.807, 2.05) is 0 Å². The zero-order valence-corrected chi connectivity index (χ0v) is 13.3. The van der Waals surface area contributed by atoms with Crippen molar-refractivity contribution in [2.75, 3.05) is 33.5 Å². The van der Waals surface area contributed by atoms with Crippen LogP contribution >= 0.6 is 0 Å². The molecule has 0 aromatic carbocycles. The molecule has 0 unspecified atom stereocenters. The molecule has 1 N–H and O–H groups in total. The van der Waals surface area contributed by atoms with Gasteiger partial charge in [-0.25, -0.2) is 4.79 Å². The second-order valence-electron chi connectivity index (χ2n) is 4.79. The average molecular weight is 303 g/mol. The molecule has 0 radical (unpaired) electrons. The van der Waals surface area contributed by atoms with Gasteiger partial charge < -0.3 is 19.5 Å². The third-order valence-corrected chi connectivity index (χ3v) is 2.86. The molecular formula is C15H29NO5. The topological polar surface area (TPSA) is 73.9 Å². The molecule has 0 saturated heterocycles. The number of nitrogens with one attached hydrogen (secondary N) is 1. The zero-order chi connectivity index (χ0) is 15.8. The molecule has 0 bridgehead atoms. The maximum Gasteiger partial charge on any atom is 0.407 e. The summed E-state index contributed by atoms with van der Waals surface area (Å²) < 4.78 is 14.7. The first-order valence-corrected chi connectivity index (χ1v) is 7.75. The highest BCUT2D eigenvalue weighted by Crippen LogP contribution is 2.02. The minimum absolute atomic E-state index is 0.127. The number of alkyl carbamates (subject to hydrolysis) is 1. The van der Waals surface area contributed by atoms with Crippen molar-refractivity contribution in [2.24, 2.45) is 0 Å². The van der Waals surface area contributed by atoms with E-state index in [0.29, 0.717) is 26.2 Å². The number of amides is 1. The van der Waals surface area contributed by atoms with Crippen molar-refractivity contribution in [3.63, 3.8) is 0 Å². The Balaban J connectivity index is 3.27. The van der Waals surface area contributed by atoms with E-state index in [2.05, 4.69) is 12.2 Å². The fourth-order valence-electron chi connectivity index (χ4n) is 1.64. The number of hydrogen-bond acceptors (Lipinski definition) is 5. The van der Waals surface area contributed by atoms with Crippen LogP contribution in [-0.4, -0.2) is 45.5 Å². The predicted molar refractivity (Wildman–Crippen MR) is 80.2 cm³/mol. The first-order chi connectivity index (χ1) is 10.2. The Hall–Kier alpha value is -1.30. The summed E-state index contributed by atoms with van der Waals surface area (Å²) in [5.74, 6) is -0.127. The fraction of sp³-hybridized carbons (Fsp3) is 0.867. The number of ether oxygens (including phenoxy) is 3. The van der Waals surface area contributed by atoms with Gasteiger partial charge in [0.1, 0.15) is 6.61 Å². The molecule has 0 heterocycles. The highest BCUT2D eigenvalue weighted by molar-refractivity contribution is 5.69. The Morgan fingerprint density at radius 1 is 0.905 bits per heavy atom. The number of unbranched alkanes of at least 4 members (excludes halogenated alkanes) is 4. The molecule has 21 heavy (non-hydrogen) atoms. The normalized spacial score (nSPS) is 10.2. The summed E-state index contributed by atoms with van der Waals surface area (Å²) in [7, 11) is 1.55. The maximum atomic E-state index is 11.4. The number of carbonyl (C=O) groups excluding carboxylic acids is 2. The highest BCUT2D eigenvalue weighted by atomic mass is 16.6. The largest absolute Gasteiger partial charge is 0.466 e. The average Bonchev–Trinajstić information content (AvgIpc) is 2.47. The van der Waals surface area contributed by atoms with Crippen molar-refractivity contribution in [1.82, 2.24) is 5.32 Å². The van der Waals surface area contributed by atoms with Crippen molar-refractivity contribution >= 4 is 12.1 Å². The Morgan fingerprint density at radius 3 is 2.43 bits per heavy atom. The molecule has 0 rings (SSSR count). The summed E-state index contributed by atoms with van der Waals surface area (Å²) in [6, 6.07) is 0. The number of rotatable bonds is 13. The minimum atomic E-state index is -0.428. The Bertz CT molecular complexity index is 271. The van der Waals surface area contributed by atoms with Gasteiger partial charge in [-0.15, -0.1) is 0 Å². The zero-order valence-electron chi connectivity index (χ0n) is 13.3. The van der Waals surface area contributed by atoms with E-state index in [9.17, 15) is 9.59 Å². The molecule has 0 fully saturated rings. The lowest BCUT2D eigenvalue weighted by molar-refractivity contribution is -0.143. The van der Waals surface area contributed by atoms with Crippen LogP contribution in [0, 0.1) is 0 Å². The van der Waals surface area contributed by atoms with Crippen molar-refractivity contribution in [2.45, 2.75) is 51.9 Å². The van der Waals surface area contributed by atoms with Gasteiger partial charge in [-0.2, -0.15) is 0 Å². The van der Waals surface area contributed by atoms with Crippen molar-refractivity contribution in [1.29, 1.82) is 0 Å². The molecule has 0 aliphatic carbocycles. The summed E-state index contributed by atoms with van der Waals surface area (Å²) in [4.78, 5) is 22.5. The molecule has 6 nitrogen and oxygen atoms in total. The van der Waals surface area contributed by atoms with Crippen LogP contribution < -0.4 is 5.32 Å². The lowest BCUT2D eigenvalue weighted by atomic mass is 10.2. The summed E-state index contributed by atoms with van der Waals surface area (Å²) in [6.07, 6.45) is 5.67. The third-order valence-electron chi connectivity index (χ3n) is 2.86. The van der Waals surface area contributed by atoms with E-state index in [4.69, 9.17) is 14.2 Å². The van der Waals surface area contributed by atoms with Crippen LogP contribution in [0.1, 0.15) is 51.9 Å². The van der Waals surface area contributed by atoms with Crippen LogP contribution in [0.3, 0.4) is 0 Å². The van der Waals surface area contributed by atoms with Crippen molar-refractivity contribution in [3.05, 3.63) is 0 Å². The van der Waals surface area contributed by atoms with Gasteiger partial charge in [-0.1, -0.05) is 26.2 Å². The summed E-state index contributed by atoms with van der Waals surface area (Å²) in [6.45, 7) is 3.85. The second-order valence-corrected chi connectivity index (χ2v) is 4.79. The number of methoxy groups -OCH3 is 1. The first kappa shape index (κ1) is 19.7. The van der Waals surface area contributed by atoms with Crippen LogP contribution in [0.15, 0.2) is 0 Å². The number of carbonyl (C=O) groups is 2. The van der Waals surface area contributed by atoms with E-state index >= 15 is 0 Å². The summed E-state index contributed by atoms with van der Waals surface area (Å²) in [5, 5.41) is 2.65. The molecule has 0 aliphatic rings. The lowest BCUT2D eigenvalue weighted by Gasteiger charge is -2.06. The molecule has 0 aliphatic heterocycles. The van der Waals surface area contributed by atoms with Gasteiger partial charge in [-0.3, -0.25) is 4.79 Å². The molecule has 6 heteroatoms. The summed E-state index contributed by atoms with van der Waals surface area (Å²) >= 11 is 0. The van der Waals surface area contributed by atoms with Gasteiger partial charge in [0.2, 0.25) is 0 Å². The van der Waals surface area contributed by atoms with Crippen LogP contribution in [0.4, 0.5) is 4.79 Å². The smallest absolute Gasteiger partial charge is 0.407 e. The van der Waals surface area contributed by atoms with E-state index in [0.717, 1.165) is 38.5 Å². The van der Waals surface area contributed by atoms with Gasteiger partial charge in [0.25, 0.3) is 0 Å². The van der Waals surface area contributed by atoms with E-state index in [1.54, 1.807) is 7.11 Å². The molecule has 0 aromatic heterocycles. The van der Waals surface area contributed by atoms with E-state index < -0.39 is 6.09 Å². The molecule has 0 atom stereocenters. The van der Waals surface area contributed by atoms with Crippen LogP contribution in [-0.2, 0) is 19.0 Å². The second kappa shape index (κ2) is 15.1. The van der Waals surface area contributed by atoms with E-state index in [-0.39, 0.29) is 12.6 Å². The van der Waals surface area contributed by atoms with Gasteiger partial charge in [0.15, 0.2) is 0 Å². The van der Waals surface area contributed by atoms with Crippen molar-refractivity contribution in [3.8, 4) is 0 Å². The predicted octanol–water partition coefficient (Wildman–Crippen LogP) is 2.65. The number of esters is 1. The Morgan fingerprint density at radius 2 is 1.71 bits per heavy atom. The minimum Gasteiger partial charge on any atom is -0.466 e. The van der Waals surface area contributed by atoms with Crippen LogP contribution in [0.2, 0.25) is 0 Å². The van der Waals surface area contributed by atoms with Gasteiger partial charge >= 0.3 is 12.1 Å². The van der Waals surface area contributed by atoms with Crippen molar-refractivity contribution < 1.29 is 23.8 Å².